The monoisotopic (exact) mass is 453 g/mol. The summed E-state index contributed by atoms with van der Waals surface area (Å²) in [7, 11) is 1.76. The third-order valence-corrected chi connectivity index (χ3v) is 5.75. The van der Waals surface area contributed by atoms with E-state index in [1.54, 1.807) is 13.1 Å². The van der Waals surface area contributed by atoms with Crippen molar-refractivity contribution < 1.29 is 10.2 Å². The minimum absolute atomic E-state index is 0.0371. The summed E-state index contributed by atoms with van der Waals surface area (Å²) in [6, 6.07) is 9.34. The molecule has 0 aliphatic heterocycles. The van der Waals surface area contributed by atoms with Crippen LogP contribution < -0.4 is 10.2 Å². The zero-order chi connectivity index (χ0) is 24.0. The zero-order valence-electron chi connectivity index (χ0n) is 20.0. The van der Waals surface area contributed by atoms with Crippen molar-refractivity contribution in [3.05, 3.63) is 59.8 Å². The average molecular weight is 454 g/mol. The highest BCUT2D eigenvalue weighted by Crippen LogP contribution is 2.36. The number of benzene rings is 2. The van der Waals surface area contributed by atoms with Crippen molar-refractivity contribution in [1.29, 1.82) is 0 Å². The van der Waals surface area contributed by atoms with Gasteiger partial charge in [0.1, 0.15) is 11.5 Å². The molecule has 5 nitrogen and oxygen atoms in total. The fourth-order valence-electron chi connectivity index (χ4n) is 3.79. The molecule has 0 bridgehead atoms. The Morgan fingerprint density at radius 2 is 1.81 bits per heavy atom. The summed E-state index contributed by atoms with van der Waals surface area (Å²) in [6.45, 7) is 15.4. The normalized spacial score (nSPS) is 10.4. The van der Waals surface area contributed by atoms with Crippen LogP contribution in [0.2, 0.25) is 0 Å². The zero-order valence-corrected chi connectivity index (χ0v) is 20.8. The molecule has 2 aromatic carbocycles. The molecule has 0 radical (unpaired) electrons. The average Bonchev–Trinajstić information content (AvgIpc) is 3.10. The first-order valence-corrected chi connectivity index (χ1v) is 11.6. The molecule has 0 saturated heterocycles. The summed E-state index contributed by atoms with van der Waals surface area (Å²) in [6.07, 6.45) is 3.88. The van der Waals surface area contributed by atoms with E-state index >= 15 is 0 Å². The summed E-state index contributed by atoms with van der Waals surface area (Å²) in [5.74, 6) is 0.0357. The highest BCUT2D eigenvalue weighted by atomic mass is 32.1. The van der Waals surface area contributed by atoms with Crippen LogP contribution in [0.3, 0.4) is 0 Å². The minimum Gasteiger partial charge on any atom is -0.508 e. The molecule has 3 rings (SSSR count). The fourth-order valence-corrected chi connectivity index (χ4v) is 4.01. The molecule has 6 heteroatoms. The third-order valence-electron chi connectivity index (χ3n) is 5.36. The number of fused-ring (bicyclic) bond motifs is 1. The molecule has 0 unspecified atom stereocenters. The van der Waals surface area contributed by atoms with Crippen molar-refractivity contribution >= 4 is 39.6 Å². The number of aromatic nitrogens is 1. The van der Waals surface area contributed by atoms with Crippen LogP contribution in [0.15, 0.2) is 43.1 Å². The molecule has 0 amide bonds. The first-order chi connectivity index (χ1) is 15.3. The van der Waals surface area contributed by atoms with Gasteiger partial charge in [-0.1, -0.05) is 34.3 Å². The van der Waals surface area contributed by atoms with Crippen LogP contribution in [0.4, 0.5) is 5.69 Å². The number of aromatic hydroxyl groups is 2. The molecule has 1 aromatic heterocycles. The lowest BCUT2D eigenvalue weighted by atomic mass is 10.0. The van der Waals surface area contributed by atoms with E-state index in [2.05, 4.69) is 48.6 Å². The Morgan fingerprint density at radius 1 is 1.12 bits per heavy atom. The second kappa shape index (κ2) is 11.0. The smallest absolute Gasteiger partial charge is 0.177 e. The highest BCUT2D eigenvalue weighted by Gasteiger charge is 2.21. The SMILES string of the molecule is C=C(c1cc(CC)c(O)cc1O)N(C(=S)NC)c1ccc2c(c1)c(C)cn2CCC.CC. The molecule has 0 saturated carbocycles. The number of nitrogens with one attached hydrogen (secondary N) is 1. The predicted molar refractivity (Wildman–Crippen MR) is 141 cm³/mol. The number of phenols is 2. The lowest BCUT2D eigenvalue weighted by Crippen LogP contribution is -2.36. The van der Waals surface area contributed by atoms with Crippen LogP contribution in [0.1, 0.15) is 50.8 Å². The summed E-state index contributed by atoms with van der Waals surface area (Å²) < 4.78 is 2.27. The third kappa shape index (κ3) is 4.91. The molecule has 0 spiro atoms. The summed E-state index contributed by atoms with van der Waals surface area (Å²) >= 11 is 5.59. The van der Waals surface area contributed by atoms with Crippen LogP contribution >= 0.6 is 12.2 Å². The fraction of sp³-hybridized carbons (Fsp3) is 0.346. The van der Waals surface area contributed by atoms with E-state index in [1.165, 1.54) is 17.1 Å². The Balaban J connectivity index is 0.00000176. The lowest BCUT2D eigenvalue weighted by molar-refractivity contribution is 0.445. The van der Waals surface area contributed by atoms with Gasteiger partial charge in [0.05, 0.1) is 5.70 Å². The molecular formula is C26H35N3O2S. The molecule has 3 aromatic rings. The van der Waals surface area contributed by atoms with Crippen molar-refractivity contribution in [1.82, 2.24) is 9.88 Å². The van der Waals surface area contributed by atoms with Crippen LogP contribution in [-0.4, -0.2) is 26.9 Å². The van der Waals surface area contributed by atoms with E-state index in [0.717, 1.165) is 29.6 Å². The molecule has 0 atom stereocenters. The van der Waals surface area contributed by atoms with E-state index in [-0.39, 0.29) is 11.5 Å². The molecular weight excluding hydrogens is 418 g/mol. The Hall–Kier alpha value is -2.99. The van der Waals surface area contributed by atoms with Crippen LogP contribution in [0, 0.1) is 6.92 Å². The van der Waals surface area contributed by atoms with Crippen LogP contribution in [0.25, 0.3) is 16.6 Å². The number of rotatable bonds is 6. The molecule has 0 aliphatic carbocycles. The second-order valence-electron chi connectivity index (χ2n) is 7.40. The van der Waals surface area contributed by atoms with Gasteiger partial charge in [0.25, 0.3) is 0 Å². The van der Waals surface area contributed by atoms with Crippen LogP contribution in [0.5, 0.6) is 11.5 Å². The largest absolute Gasteiger partial charge is 0.508 e. The van der Waals surface area contributed by atoms with Crippen molar-refractivity contribution in [2.75, 3.05) is 11.9 Å². The van der Waals surface area contributed by atoms with Crippen molar-refractivity contribution in [3.63, 3.8) is 0 Å². The minimum atomic E-state index is -0.0371. The summed E-state index contributed by atoms with van der Waals surface area (Å²) in [5, 5.41) is 25.2. The lowest BCUT2D eigenvalue weighted by Gasteiger charge is -2.28. The van der Waals surface area contributed by atoms with Gasteiger partial charge in [-0.05, 0) is 67.4 Å². The number of hydrogen-bond acceptors (Lipinski definition) is 3. The van der Waals surface area contributed by atoms with E-state index < -0.39 is 0 Å². The van der Waals surface area contributed by atoms with Crippen molar-refractivity contribution in [3.8, 4) is 11.5 Å². The topological polar surface area (TPSA) is 60.7 Å². The first kappa shape index (κ1) is 25.3. The van der Waals surface area contributed by atoms with Crippen molar-refractivity contribution in [2.24, 2.45) is 0 Å². The Morgan fingerprint density at radius 3 is 2.41 bits per heavy atom. The van der Waals surface area contributed by atoms with E-state index in [0.29, 0.717) is 22.8 Å². The number of anilines is 1. The van der Waals surface area contributed by atoms with E-state index in [9.17, 15) is 10.2 Å². The number of aryl methyl sites for hydroxylation is 3. The van der Waals surface area contributed by atoms with Crippen molar-refractivity contribution in [2.45, 2.75) is 54.0 Å². The van der Waals surface area contributed by atoms with E-state index in [1.807, 2.05) is 31.7 Å². The molecule has 1 heterocycles. The van der Waals surface area contributed by atoms with Gasteiger partial charge < -0.3 is 20.1 Å². The molecule has 0 fully saturated rings. The number of thiocarbonyl (C=S) groups is 1. The quantitative estimate of drug-likeness (QED) is 0.380. The molecule has 3 N–H and O–H groups in total. The highest BCUT2D eigenvalue weighted by molar-refractivity contribution is 7.80. The maximum Gasteiger partial charge on any atom is 0.177 e. The molecule has 32 heavy (non-hydrogen) atoms. The Labute approximate surface area is 197 Å². The maximum atomic E-state index is 10.5. The van der Waals surface area contributed by atoms with Gasteiger partial charge >= 0.3 is 0 Å². The first-order valence-electron chi connectivity index (χ1n) is 11.2. The number of hydrogen-bond donors (Lipinski definition) is 3. The number of phenolic OH excluding ortho intramolecular Hbond substituents is 2. The Kier molecular flexibility index (Phi) is 8.72. The summed E-state index contributed by atoms with van der Waals surface area (Å²) in [4.78, 5) is 1.82. The number of nitrogens with zero attached hydrogens (tertiary/aromatic N) is 2. The van der Waals surface area contributed by atoms with Gasteiger partial charge in [-0.25, -0.2) is 0 Å². The van der Waals surface area contributed by atoms with Gasteiger partial charge in [-0.3, -0.25) is 4.90 Å². The van der Waals surface area contributed by atoms with Gasteiger partial charge in [0.2, 0.25) is 0 Å². The maximum absolute atomic E-state index is 10.5. The van der Waals surface area contributed by atoms with Crippen LogP contribution in [-0.2, 0) is 13.0 Å². The van der Waals surface area contributed by atoms with Gasteiger partial charge in [-0.2, -0.15) is 0 Å². The van der Waals surface area contributed by atoms with E-state index in [4.69, 9.17) is 12.2 Å². The molecule has 172 valence electrons. The second-order valence-corrected chi connectivity index (χ2v) is 7.78. The Bertz CT molecular complexity index is 1120. The standard InChI is InChI=1S/C24H29N3O2S.C2H6/c1-6-10-26-14-15(3)19-12-18(8-9-21(19)26)27(24(30)25-5)16(4)20-11-17(7-2)22(28)13-23(20)29;1-2/h8-9,11-14,28-29H,4,6-7,10H2,1-3,5H3,(H,25,30);1-2H3. The molecule has 0 aliphatic rings. The van der Waals surface area contributed by atoms with Gasteiger partial charge in [0, 0.05) is 48.0 Å². The van der Waals surface area contributed by atoms with Gasteiger partial charge in [-0.15, -0.1) is 0 Å². The van der Waals surface area contributed by atoms with Gasteiger partial charge in [0.15, 0.2) is 5.11 Å². The summed E-state index contributed by atoms with van der Waals surface area (Å²) in [5.41, 5.74) is 5.04. The predicted octanol–water partition coefficient (Wildman–Crippen LogP) is 6.34.